The van der Waals surface area contributed by atoms with E-state index < -0.39 is 10.0 Å². The summed E-state index contributed by atoms with van der Waals surface area (Å²) in [7, 11) is -3.87. The summed E-state index contributed by atoms with van der Waals surface area (Å²) in [6.45, 7) is 8.67. The zero-order valence-electron chi connectivity index (χ0n) is 17.5. The van der Waals surface area contributed by atoms with E-state index in [1.165, 1.54) is 15.6 Å². The van der Waals surface area contributed by atoms with Crippen molar-refractivity contribution in [3.8, 4) is 11.5 Å². The van der Waals surface area contributed by atoms with Crippen molar-refractivity contribution >= 4 is 27.0 Å². The molecule has 0 radical (unpaired) electrons. The Kier molecular flexibility index (Phi) is 5.50. The third-order valence-electron chi connectivity index (χ3n) is 4.99. The summed E-state index contributed by atoms with van der Waals surface area (Å²) in [5.41, 5.74) is 1.66. The number of fused-ring (bicyclic) bond motifs is 1. The van der Waals surface area contributed by atoms with Gasteiger partial charge in [0.1, 0.15) is 18.1 Å². The molecule has 0 saturated heterocycles. The predicted octanol–water partition coefficient (Wildman–Crippen LogP) is 4.31. The Balaban J connectivity index is 1.84. The van der Waals surface area contributed by atoms with E-state index in [2.05, 4.69) is 5.10 Å². The van der Waals surface area contributed by atoms with Gasteiger partial charge in [-0.3, -0.25) is 8.99 Å². The number of hydrogen-bond donors (Lipinski definition) is 0. The summed E-state index contributed by atoms with van der Waals surface area (Å²) >= 11 is 1.52. The number of nitrogens with zero attached hydrogens (tertiary/aromatic N) is 3. The predicted molar refractivity (Wildman–Crippen MR) is 117 cm³/mol. The van der Waals surface area contributed by atoms with E-state index >= 15 is 0 Å². The van der Waals surface area contributed by atoms with Gasteiger partial charge in [-0.25, -0.2) is 8.42 Å². The molecule has 0 fully saturated rings. The Labute approximate surface area is 180 Å². The van der Waals surface area contributed by atoms with E-state index in [1.807, 2.05) is 31.4 Å². The first-order valence-electron chi connectivity index (χ1n) is 9.79. The van der Waals surface area contributed by atoms with Crippen LogP contribution in [0.15, 0.2) is 40.6 Å². The summed E-state index contributed by atoms with van der Waals surface area (Å²) in [4.78, 5) is 1.20. The van der Waals surface area contributed by atoms with Gasteiger partial charge in [-0.1, -0.05) is 6.07 Å². The van der Waals surface area contributed by atoms with Gasteiger partial charge in [-0.05, 0) is 51.3 Å². The van der Waals surface area contributed by atoms with Gasteiger partial charge in [-0.15, -0.1) is 11.3 Å². The third-order valence-corrected chi connectivity index (χ3v) is 7.88. The average Bonchev–Trinajstić information content (AvgIpc) is 3.33. The number of rotatable bonds is 6. The van der Waals surface area contributed by atoms with Crippen LogP contribution in [0, 0.1) is 13.8 Å². The normalized spacial score (nSPS) is 13.6. The Hall–Kier alpha value is -2.52. The van der Waals surface area contributed by atoms with Gasteiger partial charge in [0.25, 0.3) is 10.0 Å². The van der Waals surface area contributed by atoms with Crippen molar-refractivity contribution in [1.29, 1.82) is 0 Å². The first-order chi connectivity index (χ1) is 14.3. The molecule has 3 heterocycles. The topological polar surface area (TPSA) is 73.7 Å². The SMILES string of the molecule is Cc1nn(C(C)C)c(C)c1S(=O)(=O)N(Cc1cccs1)c1ccc2c(c1)OCCO2. The Morgan fingerprint density at radius 2 is 1.90 bits per heavy atom. The molecule has 30 heavy (non-hydrogen) atoms. The van der Waals surface area contributed by atoms with Crippen molar-refractivity contribution in [2.45, 2.75) is 45.2 Å². The van der Waals surface area contributed by atoms with Gasteiger partial charge in [0.05, 0.1) is 23.6 Å². The van der Waals surface area contributed by atoms with E-state index in [4.69, 9.17) is 9.47 Å². The lowest BCUT2D eigenvalue weighted by Crippen LogP contribution is -2.31. The van der Waals surface area contributed by atoms with Gasteiger partial charge in [0, 0.05) is 17.0 Å². The molecule has 0 N–H and O–H groups in total. The van der Waals surface area contributed by atoms with Crippen molar-refractivity contribution in [1.82, 2.24) is 9.78 Å². The van der Waals surface area contributed by atoms with Crippen LogP contribution < -0.4 is 13.8 Å². The maximum absolute atomic E-state index is 13.9. The van der Waals surface area contributed by atoms with Gasteiger partial charge < -0.3 is 9.47 Å². The van der Waals surface area contributed by atoms with Crippen molar-refractivity contribution in [2.24, 2.45) is 0 Å². The standard InChI is InChI=1S/C21H25N3O4S2/c1-14(2)24-16(4)21(15(3)22-24)30(25,26)23(13-18-6-5-11-29-18)17-7-8-19-20(12-17)28-10-9-27-19/h5-8,11-12,14H,9-10,13H2,1-4H3. The van der Waals surface area contributed by atoms with Crippen molar-refractivity contribution in [2.75, 3.05) is 17.5 Å². The molecule has 0 atom stereocenters. The molecule has 1 aliphatic rings. The fourth-order valence-corrected chi connectivity index (χ4v) is 6.26. The molecule has 4 rings (SSSR count). The Bertz CT molecular complexity index is 1150. The molecule has 160 valence electrons. The van der Waals surface area contributed by atoms with Crippen LogP contribution in [0.3, 0.4) is 0 Å². The molecule has 0 unspecified atom stereocenters. The molecule has 0 spiro atoms. The molecule has 1 aromatic carbocycles. The van der Waals surface area contributed by atoms with Crippen LogP contribution in [-0.4, -0.2) is 31.4 Å². The summed E-state index contributed by atoms with van der Waals surface area (Å²) < 4.78 is 42.3. The van der Waals surface area contributed by atoms with Gasteiger partial charge in [0.2, 0.25) is 0 Å². The molecule has 1 aliphatic heterocycles. The second kappa shape index (κ2) is 7.96. The van der Waals surface area contributed by atoms with E-state index in [0.717, 1.165) is 4.88 Å². The van der Waals surface area contributed by atoms with E-state index in [0.29, 0.717) is 41.8 Å². The maximum Gasteiger partial charge on any atom is 0.268 e. The lowest BCUT2D eigenvalue weighted by atomic mass is 10.2. The van der Waals surface area contributed by atoms with Crippen molar-refractivity contribution < 1.29 is 17.9 Å². The van der Waals surface area contributed by atoms with Crippen LogP contribution in [0.4, 0.5) is 5.69 Å². The fraction of sp³-hybridized carbons (Fsp3) is 0.381. The monoisotopic (exact) mass is 447 g/mol. The van der Waals surface area contributed by atoms with E-state index in [-0.39, 0.29) is 17.5 Å². The largest absolute Gasteiger partial charge is 0.486 e. The number of thiophene rings is 1. The van der Waals surface area contributed by atoms with Crippen molar-refractivity contribution in [3.05, 3.63) is 52.0 Å². The highest BCUT2D eigenvalue weighted by atomic mass is 32.2. The highest BCUT2D eigenvalue weighted by Gasteiger charge is 2.33. The summed E-state index contributed by atoms with van der Waals surface area (Å²) in [5, 5.41) is 6.43. The summed E-state index contributed by atoms with van der Waals surface area (Å²) in [6.07, 6.45) is 0. The molecule has 7 nitrogen and oxygen atoms in total. The maximum atomic E-state index is 13.9. The number of sulfonamides is 1. The lowest BCUT2D eigenvalue weighted by Gasteiger charge is -2.26. The van der Waals surface area contributed by atoms with Crippen molar-refractivity contribution in [3.63, 3.8) is 0 Å². The van der Waals surface area contributed by atoms with Crippen LogP contribution in [0.5, 0.6) is 11.5 Å². The zero-order valence-corrected chi connectivity index (χ0v) is 19.1. The fourth-order valence-electron chi connectivity index (χ4n) is 3.68. The quantitative estimate of drug-likeness (QED) is 0.563. The highest BCUT2D eigenvalue weighted by Crippen LogP contribution is 2.37. The number of hydrogen-bond acceptors (Lipinski definition) is 6. The highest BCUT2D eigenvalue weighted by molar-refractivity contribution is 7.92. The van der Waals surface area contributed by atoms with Gasteiger partial charge in [-0.2, -0.15) is 5.10 Å². The second-order valence-electron chi connectivity index (χ2n) is 7.46. The van der Waals surface area contributed by atoms with E-state index in [9.17, 15) is 8.42 Å². The molecule has 0 amide bonds. The molecule has 9 heteroatoms. The number of aryl methyl sites for hydroxylation is 1. The first kappa shape index (κ1) is 20.7. The molecule has 0 bridgehead atoms. The molecular weight excluding hydrogens is 422 g/mol. The van der Waals surface area contributed by atoms with Crippen LogP contribution in [0.25, 0.3) is 0 Å². The number of ether oxygens (including phenoxy) is 2. The van der Waals surface area contributed by atoms with Crippen LogP contribution >= 0.6 is 11.3 Å². The zero-order chi connectivity index (χ0) is 21.5. The Morgan fingerprint density at radius 3 is 2.53 bits per heavy atom. The minimum absolute atomic E-state index is 0.0627. The minimum atomic E-state index is -3.87. The molecule has 3 aromatic rings. The molecule has 0 saturated carbocycles. The smallest absolute Gasteiger partial charge is 0.268 e. The summed E-state index contributed by atoms with van der Waals surface area (Å²) in [6, 6.07) is 9.17. The number of anilines is 1. The summed E-state index contributed by atoms with van der Waals surface area (Å²) in [5.74, 6) is 1.18. The minimum Gasteiger partial charge on any atom is -0.486 e. The lowest BCUT2D eigenvalue weighted by molar-refractivity contribution is 0.171. The first-order valence-corrected chi connectivity index (χ1v) is 12.1. The molecule has 0 aliphatic carbocycles. The molecule has 2 aromatic heterocycles. The Morgan fingerprint density at radius 1 is 1.17 bits per heavy atom. The number of aromatic nitrogens is 2. The van der Waals surface area contributed by atoms with Gasteiger partial charge >= 0.3 is 0 Å². The average molecular weight is 448 g/mol. The van der Waals surface area contributed by atoms with Crippen LogP contribution in [0.2, 0.25) is 0 Å². The number of benzene rings is 1. The van der Waals surface area contributed by atoms with Crippen LogP contribution in [-0.2, 0) is 16.6 Å². The third kappa shape index (κ3) is 3.67. The van der Waals surface area contributed by atoms with E-state index in [1.54, 1.807) is 36.7 Å². The molecular formula is C21H25N3O4S2. The van der Waals surface area contributed by atoms with Crippen LogP contribution in [0.1, 0.15) is 36.2 Å². The second-order valence-corrected chi connectivity index (χ2v) is 10.3. The van der Waals surface area contributed by atoms with Gasteiger partial charge in [0.15, 0.2) is 11.5 Å².